The third-order valence-corrected chi connectivity index (χ3v) is 4.22. The van der Waals surface area contributed by atoms with Gasteiger partial charge in [0.15, 0.2) is 0 Å². The van der Waals surface area contributed by atoms with Crippen LogP contribution < -0.4 is 5.32 Å². The van der Waals surface area contributed by atoms with E-state index in [0.717, 1.165) is 25.4 Å². The zero-order chi connectivity index (χ0) is 13.5. The van der Waals surface area contributed by atoms with Crippen molar-refractivity contribution in [2.75, 3.05) is 26.7 Å². The van der Waals surface area contributed by atoms with Crippen molar-refractivity contribution < 1.29 is 0 Å². The summed E-state index contributed by atoms with van der Waals surface area (Å²) in [6.07, 6.45) is 5.26. The van der Waals surface area contributed by atoms with Crippen molar-refractivity contribution in [3.05, 3.63) is 35.4 Å². The van der Waals surface area contributed by atoms with Gasteiger partial charge in [-0.15, -0.1) is 0 Å². The van der Waals surface area contributed by atoms with E-state index in [1.165, 1.54) is 43.5 Å². The SMILES string of the molecule is CCCC1CCN(Cc2ccccc2CCNC)C1. The maximum absolute atomic E-state index is 3.25. The van der Waals surface area contributed by atoms with Crippen molar-refractivity contribution in [2.24, 2.45) is 5.92 Å². The lowest BCUT2D eigenvalue weighted by Gasteiger charge is -2.18. The van der Waals surface area contributed by atoms with Crippen LogP contribution in [0, 0.1) is 5.92 Å². The summed E-state index contributed by atoms with van der Waals surface area (Å²) in [6.45, 7) is 7.09. The Hall–Kier alpha value is -0.860. The van der Waals surface area contributed by atoms with Gasteiger partial charge in [0.25, 0.3) is 0 Å². The van der Waals surface area contributed by atoms with Crippen molar-refractivity contribution in [3.8, 4) is 0 Å². The molecule has 1 heterocycles. The smallest absolute Gasteiger partial charge is 0.0236 e. The molecule has 2 rings (SSSR count). The Morgan fingerprint density at radius 3 is 2.79 bits per heavy atom. The van der Waals surface area contributed by atoms with Crippen molar-refractivity contribution in [2.45, 2.75) is 39.2 Å². The second-order valence-electron chi connectivity index (χ2n) is 5.80. The van der Waals surface area contributed by atoms with E-state index in [0.29, 0.717) is 0 Å². The molecular formula is C17H28N2. The fraction of sp³-hybridized carbons (Fsp3) is 0.647. The summed E-state index contributed by atoms with van der Waals surface area (Å²) in [5.74, 6) is 0.939. The summed E-state index contributed by atoms with van der Waals surface area (Å²) in [7, 11) is 2.03. The molecule has 1 aromatic carbocycles. The molecule has 2 heteroatoms. The predicted octanol–water partition coefficient (Wildman–Crippen LogP) is 3.07. The van der Waals surface area contributed by atoms with Crippen LogP contribution in [0.2, 0.25) is 0 Å². The minimum absolute atomic E-state index is 0.939. The standard InChI is InChI=1S/C17H28N2/c1-3-6-15-10-12-19(13-15)14-17-8-5-4-7-16(17)9-11-18-2/h4-5,7-8,15,18H,3,6,9-14H2,1-2H3. The van der Waals surface area contributed by atoms with Crippen molar-refractivity contribution >= 4 is 0 Å². The summed E-state index contributed by atoms with van der Waals surface area (Å²) in [6, 6.07) is 8.93. The lowest BCUT2D eigenvalue weighted by Crippen LogP contribution is -2.21. The van der Waals surface area contributed by atoms with E-state index >= 15 is 0 Å². The van der Waals surface area contributed by atoms with Gasteiger partial charge in [0.05, 0.1) is 0 Å². The second kappa shape index (κ2) is 7.66. The molecule has 19 heavy (non-hydrogen) atoms. The first-order valence-electron chi connectivity index (χ1n) is 7.77. The monoisotopic (exact) mass is 260 g/mol. The first kappa shape index (κ1) is 14.5. The second-order valence-corrected chi connectivity index (χ2v) is 5.80. The molecule has 106 valence electrons. The van der Waals surface area contributed by atoms with Gasteiger partial charge in [-0.05, 0) is 56.4 Å². The zero-order valence-corrected chi connectivity index (χ0v) is 12.5. The van der Waals surface area contributed by atoms with Gasteiger partial charge in [0, 0.05) is 13.1 Å². The predicted molar refractivity (Wildman–Crippen MR) is 82.4 cm³/mol. The molecule has 1 saturated heterocycles. The Balaban J connectivity index is 1.92. The molecule has 1 N–H and O–H groups in total. The molecule has 1 aromatic rings. The fourth-order valence-corrected chi connectivity index (χ4v) is 3.16. The molecule has 1 aliphatic rings. The fourth-order valence-electron chi connectivity index (χ4n) is 3.16. The maximum atomic E-state index is 3.25. The van der Waals surface area contributed by atoms with E-state index in [-0.39, 0.29) is 0 Å². The van der Waals surface area contributed by atoms with Gasteiger partial charge in [-0.25, -0.2) is 0 Å². The van der Waals surface area contributed by atoms with Crippen molar-refractivity contribution in [3.63, 3.8) is 0 Å². The normalized spacial score (nSPS) is 20.0. The van der Waals surface area contributed by atoms with Crippen LogP contribution in [-0.4, -0.2) is 31.6 Å². The summed E-state index contributed by atoms with van der Waals surface area (Å²) in [4.78, 5) is 2.64. The summed E-state index contributed by atoms with van der Waals surface area (Å²) in [5.41, 5.74) is 3.03. The largest absolute Gasteiger partial charge is 0.319 e. The van der Waals surface area contributed by atoms with E-state index in [2.05, 4.69) is 41.4 Å². The highest BCUT2D eigenvalue weighted by atomic mass is 15.1. The lowest BCUT2D eigenvalue weighted by molar-refractivity contribution is 0.312. The first-order chi connectivity index (χ1) is 9.33. The van der Waals surface area contributed by atoms with E-state index in [4.69, 9.17) is 0 Å². The molecule has 0 bridgehead atoms. The Morgan fingerprint density at radius 2 is 2.05 bits per heavy atom. The van der Waals surface area contributed by atoms with Gasteiger partial charge in [0.1, 0.15) is 0 Å². The number of rotatable bonds is 7. The molecule has 2 nitrogen and oxygen atoms in total. The number of likely N-dealkylation sites (N-methyl/N-ethyl adjacent to an activating group) is 1. The highest BCUT2D eigenvalue weighted by Crippen LogP contribution is 2.23. The molecule has 1 fully saturated rings. The van der Waals surface area contributed by atoms with Crippen LogP contribution in [-0.2, 0) is 13.0 Å². The van der Waals surface area contributed by atoms with Gasteiger partial charge >= 0.3 is 0 Å². The average Bonchev–Trinajstić information content (AvgIpc) is 2.86. The van der Waals surface area contributed by atoms with E-state index in [1.54, 1.807) is 0 Å². The van der Waals surface area contributed by atoms with E-state index in [1.807, 2.05) is 7.05 Å². The van der Waals surface area contributed by atoms with Crippen LogP contribution in [0.15, 0.2) is 24.3 Å². The van der Waals surface area contributed by atoms with Gasteiger partial charge < -0.3 is 5.32 Å². The van der Waals surface area contributed by atoms with Crippen LogP contribution in [0.1, 0.15) is 37.3 Å². The van der Waals surface area contributed by atoms with Crippen molar-refractivity contribution in [1.82, 2.24) is 10.2 Å². The minimum Gasteiger partial charge on any atom is -0.319 e. The number of nitrogens with one attached hydrogen (secondary N) is 1. The van der Waals surface area contributed by atoms with Crippen LogP contribution >= 0.6 is 0 Å². The molecule has 0 radical (unpaired) electrons. The summed E-state index contributed by atoms with van der Waals surface area (Å²) in [5, 5.41) is 3.25. The highest BCUT2D eigenvalue weighted by Gasteiger charge is 2.21. The molecule has 1 aliphatic heterocycles. The number of benzene rings is 1. The third-order valence-electron chi connectivity index (χ3n) is 4.22. The molecule has 0 aromatic heterocycles. The highest BCUT2D eigenvalue weighted by molar-refractivity contribution is 5.27. The molecule has 1 unspecified atom stereocenters. The van der Waals surface area contributed by atoms with Gasteiger partial charge in [-0.3, -0.25) is 4.90 Å². The lowest BCUT2D eigenvalue weighted by atomic mass is 10.0. The van der Waals surface area contributed by atoms with Crippen LogP contribution in [0.4, 0.5) is 0 Å². The zero-order valence-electron chi connectivity index (χ0n) is 12.5. The average molecular weight is 260 g/mol. The van der Waals surface area contributed by atoms with Gasteiger partial charge in [-0.1, -0.05) is 37.6 Å². The van der Waals surface area contributed by atoms with Gasteiger partial charge in [0.2, 0.25) is 0 Å². The molecule has 1 atom stereocenters. The molecular weight excluding hydrogens is 232 g/mol. The Morgan fingerprint density at radius 1 is 1.26 bits per heavy atom. The van der Waals surface area contributed by atoms with Crippen LogP contribution in [0.5, 0.6) is 0 Å². The molecule has 0 spiro atoms. The first-order valence-corrected chi connectivity index (χ1v) is 7.77. The van der Waals surface area contributed by atoms with Crippen LogP contribution in [0.25, 0.3) is 0 Å². The number of hydrogen-bond donors (Lipinski definition) is 1. The third kappa shape index (κ3) is 4.32. The van der Waals surface area contributed by atoms with Crippen LogP contribution in [0.3, 0.4) is 0 Å². The number of nitrogens with zero attached hydrogens (tertiary/aromatic N) is 1. The van der Waals surface area contributed by atoms with Crippen molar-refractivity contribution in [1.29, 1.82) is 0 Å². The summed E-state index contributed by atoms with van der Waals surface area (Å²) < 4.78 is 0. The number of hydrogen-bond acceptors (Lipinski definition) is 2. The Bertz CT molecular complexity index is 375. The minimum atomic E-state index is 0.939. The maximum Gasteiger partial charge on any atom is 0.0236 e. The Labute approximate surface area is 118 Å². The number of likely N-dealkylation sites (tertiary alicyclic amines) is 1. The molecule has 0 aliphatic carbocycles. The van der Waals surface area contributed by atoms with E-state index in [9.17, 15) is 0 Å². The van der Waals surface area contributed by atoms with E-state index < -0.39 is 0 Å². The van der Waals surface area contributed by atoms with Gasteiger partial charge in [-0.2, -0.15) is 0 Å². The topological polar surface area (TPSA) is 15.3 Å². The Kier molecular flexibility index (Phi) is 5.87. The molecule has 0 saturated carbocycles. The quantitative estimate of drug-likeness (QED) is 0.810. The summed E-state index contributed by atoms with van der Waals surface area (Å²) >= 11 is 0. The molecule has 0 amide bonds.